The zero-order chi connectivity index (χ0) is 17.5. The number of Topliss-reactive ketones (excluding diaryl/α,β-unsaturated/α-hetero) is 2. The topological polar surface area (TPSA) is 92.7 Å². The van der Waals surface area contributed by atoms with Gasteiger partial charge in [0.1, 0.15) is 17.1 Å². The smallest absolute Gasteiger partial charge is 0.259 e. The summed E-state index contributed by atoms with van der Waals surface area (Å²) in [6.45, 7) is 1.48. The van der Waals surface area contributed by atoms with Crippen LogP contribution in [-0.4, -0.2) is 35.7 Å². The van der Waals surface area contributed by atoms with Gasteiger partial charge in [-0.05, 0) is 31.9 Å². The molecule has 1 aliphatic carbocycles. The van der Waals surface area contributed by atoms with Crippen molar-refractivity contribution in [3.63, 3.8) is 0 Å². The first kappa shape index (κ1) is 16.7. The highest BCUT2D eigenvalue weighted by atomic mass is 35.5. The van der Waals surface area contributed by atoms with Crippen molar-refractivity contribution in [1.82, 2.24) is 5.32 Å². The molecule has 1 aromatic rings. The van der Waals surface area contributed by atoms with Crippen LogP contribution in [0.5, 0.6) is 0 Å². The van der Waals surface area contributed by atoms with Gasteiger partial charge in [0.2, 0.25) is 5.78 Å². The van der Waals surface area contributed by atoms with E-state index < -0.39 is 28.6 Å². The standard InChI is InChI=1S/C17H16ClNO5/c1-9(20)8-19-16(23)13-14(21)11-7-10(18)3-4-12(11)17(15(13)22)5-2-6-24-17/h3-4,7,21H,2,5-6,8H2,1H3,(H,19,23)/t17-/m1/s1. The summed E-state index contributed by atoms with van der Waals surface area (Å²) >= 11 is 6.00. The lowest BCUT2D eigenvalue weighted by Gasteiger charge is -2.34. The number of ether oxygens (including phenoxy) is 1. The Hall–Kier alpha value is -2.18. The number of ketones is 2. The number of nitrogens with one attached hydrogen (secondary N) is 1. The Labute approximate surface area is 143 Å². The van der Waals surface area contributed by atoms with Crippen LogP contribution in [-0.2, 0) is 24.7 Å². The fourth-order valence-electron chi connectivity index (χ4n) is 3.17. The van der Waals surface area contributed by atoms with Gasteiger partial charge in [-0.1, -0.05) is 17.7 Å². The summed E-state index contributed by atoms with van der Waals surface area (Å²) in [5.74, 6) is -2.09. The lowest BCUT2D eigenvalue weighted by atomic mass is 9.75. The fourth-order valence-corrected chi connectivity index (χ4v) is 3.34. The zero-order valence-electron chi connectivity index (χ0n) is 13.0. The highest BCUT2D eigenvalue weighted by Gasteiger charge is 2.52. The van der Waals surface area contributed by atoms with Gasteiger partial charge in [-0.15, -0.1) is 0 Å². The van der Waals surface area contributed by atoms with E-state index in [9.17, 15) is 19.5 Å². The summed E-state index contributed by atoms with van der Waals surface area (Å²) in [6.07, 6.45) is 1.08. The molecule has 0 radical (unpaired) electrons. The van der Waals surface area contributed by atoms with Gasteiger partial charge in [0.15, 0.2) is 5.60 Å². The molecule has 7 heteroatoms. The minimum Gasteiger partial charge on any atom is -0.506 e. The molecule has 1 heterocycles. The van der Waals surface area contributed by atoms with Crippen LogP contribution in [0.25, 0.3) is 5.76 Å². The molecule has 2 aliphatic rings. The quantitative estimate of drug-likeness (QED) is 0.813. The Morgan fingerprint density at radius 2 is 2.17 bits per heavy atom. The number of amides is 1. The Morgan fingerprint density at radius 3 is 2.79 bits per heavy atom. The molecule has 1 aromatic carbocycles. The molecule has 1 fully saturated rings. The van der Waals surface area contributed by atoms with Crippen molar-refractivity contribution in [2.75, 3.05) is 13.2 Å². The molecule has 24 heavy (non-hydrogen) atoms. The largest absolute Gasteiger partial charge is 0.506 e. The molecule has 3 rings (SSSR count). The number of benzene rings is 1. The SMILES string of the molecule is CC(=O)CNC(=O)C1=C(O)c2cc(Cl)ccc2[C@]2(CCCO2)C1=O. The molecule has 1 atom stereocenters. The van der Waals surface area contributed by atoms with E-state index in [0.29, 0.717) is 35.6 Å². The molecule has 0 saturated carbocycles. The number of hydrogen-bond acceptors (Lipinski definition) is 5. The first-order chi connectivity index (χ1) is 11.4. The van der Waals surface area contributed by atoms with Crippen molar-refractivity contribution in [1.29, 1.82) is 0 Å². The molecule has 0 unspecified atom stereocenters. The van der Waals surface area contributed by atoms with Crippen LogP contribution in [0.15, 0.2) is 23.8 Å². The lowest BCUT2D eigenvalue weighted by Crippen LogP contribution is -2.45. The molecule has 0 aromatic heterocycles. The van der Waals surface area contributed by atoms with Gasteiger partial charge in [0, 0.05) is 22.8 Å². The molecule has 2 N–H and O–H groups in total. The molecule has 1 amide bonds. The minimum atomic E-state index is -1.28. The normalized spacial score (nSPS) is 22.7. The van der Waals surface area contributed by atoms with Crippen molar-refractivity contribution in [2.45, 2.75) is 25.4 Å². The van der Waals surface area contributed by atoms with E-state index in [1.165, 1.54) is 13.0 Å². The fraction of sp³-hybridized carbons (Fsp3) is 0.353. The van der Waals surface area contributed by atoms with Crippen molar-refractivity contribution in [3.05, 3.63) is 39.9 Å². The Morgan fingerprint density at radius 1 is 1.42 bits per heavy atom. The number of carbonyl (C=O) groups excluding carboxylic acids is 3. The van der Waals surface area contributed by atoms with Crippen LogP contribution in [0.4, 0.5) is 0 Å². The van der Waals surface area contributed by atoms with Crippen molar-refractivity contribution >= 4 is 34.8 Å². The van der Waals surface area contributed by atoms with Crippen molar-refractivity contribution < 1.29 is 24.2 Å². The van der Waals surface area contributed by atoms with Crippen LogP contribution in [0.1, 0.15) is 30.9 Å². The molecule has 0 bridgehead atoms. The third-order valence-electron chi connectivity index (χ3n) is 4.25. The summed E-state index contributed by atoms with van der Waals surface area (Å²) in [5, 5.41) is 13.2. The average molecular weight is 350 g/mol. The van der Waals surface area contributed by atoms with Crippen molar-refractivity contribution in [2.24, 2.45) is 0 Å². The summed E-state index contributed by atoms with van der Waals surface area (Å²) in [5.41, 5.74) is -0.866. The van der Waals surface area contributed by atoms with E-state index in [4.69, 9.17) is 16.3 Å². The molecule has 1 spiro atoms. The predicted octanol–water partition coefficient (Wildman–Crippen LogP) is 1.90. The predicted molar refractivity (Wildman–Crippen MR) is 86.6 cm³/mol. The van der Waals surface area contributed by atoms with Gasteiger partial charge in [0.05, 0.1) is 6.54 Å². The minimum absolute atomic E-state index is 0.223. The second-order valence-corrected chi connectivity index (χ2v) is 6.34. The number of rotatable bonds is 3. The molecule has 126 valence electrons. The van der Waals surface area contributed by atoms with E-state index in [0.717, 1.165) is 0 Å². The monoisotopic (exact) mass is 349 g/mol. The highest BCUT2D eigenvalue weighted by molar-refractivity contribution is 6.31. The summed E-state index contributed by atoms with van der Waals surface area (Å²) in [7, 11) is 0. The third kappa shape index (κ3) is 2.52. The first-order valence-corrected chi connectivity index (χ1v) is 7.94. The van der Waals surface area contributed by atoms with Crippen molar-refractivity contribution in [3.8, 4) is 0 Å². The van der Waals surface area contributed by atoms with Crippen LogP contribution in [0.3, 0.4) is 0 Å². The third-order valence-corrected chi connectivity index (χ3v) is 4.48. The van der Waals surface area contributed by atoms with Crippen LogP contribution in [0.2, 0.25) is 5.02 Å². The Bertz CT molecular complexity index is 777. The number of hydrogen-bond donors (Lipinski definition) is 2. The van der Waals surface area contributed by atoms with Gasteiger partial charge in [0.25, 0.3) is 5.91 Å². The van der Waals surface area contributed by atoms with E-state index >= 15 is 0 Å². The maximum Gasteiger partial charge on any atom is 0.259 e. The number of aliphatic hydroxyl groups excluding tert-OH is 1. The number of aliphatic hydroxyl groups is 1. The van der Waals surface area contributed by atoms with E-state index in [1.54, 1.807) is 12.1 Å². The molecule has 1 saturated heterocycles. The molecular weight excluding hydrogens is 334 g/mol. The first-order valence-electron chi connectivity index (χ1n) is 7.57. The molecule has 6 nitrogen and oxygen atoms in total. The number of fused-ring (bicyclic) bond motifs is 2. The van der Waals surface area contributed by atoms with E-state index in [1.807, 2.05) is 0 Å². The van der Waals surface area contributed by atoms with Gasteiger partial charge in [-0.25, -0.2) is 0 Å². The average Bonchev–Trinajstić information content (AvgIpc) is 3.02. The number of carbonyl (C=O) groups is 3. The molecular formula is C17H16ClNO5. The highest BCUT2D eigenvalue weighted by Crippen LogP contribution is 2.46. The van der Waals surface area contributed by atoms with Crippen LogP contribution < -0.4 is 5.32 Å². The number of halogens is 1. The van der Waals surface area contributed by atoms with Gasteiger partial charge >= 0.3 is 0 Å². The maximum absolute atomic E-state index is 13.0. The summed E-state index contributed by atoms with van der Waals surface area (Å²) in [6, 6.07) is 4.76. The second-order valence-electron chi connectivity index (χ2n) is 5.91. The maximum atomic E-state index is 13.0. The van der Waals surface area contributed by atoms with E-state index in [-0.39, 0.29) is 12.3 Å². The summed E-state index contributed by atoms with van der Waals surface area (Å²) in [4.78, 5) is 36.4. The van der Waals surface area contributed by atoms with Crippen LogP contribution in [0, 0.1) is 0 Å². The van der Waals surface area contributed by atoms with Gasteiger partial charge in [-0.3, -0.25) is 14.4 Å². The Balaban J connectivity index is 2.14. The lowest BCUT2D eigenvalue weighted by molar-refractivity contribution is -0.138. The Kier molecular flexibility index (Phi) is 4.19. The molecule has 1 aliphatic heterocycles. The van der Waals surface area contributed by atoms with Crippen LogP contribution >= 0.6 is 11.6 Å². The van der Waals surface area contributed by atoms with Gasteiger partial charge in [-0.2, -0.15) is 0 Å². The second kappa shape index (κ2) is 6.03. The van der Waals surface area contributed by atoms with E-state index in [2.05, 4.69) is 5.32 Å². The zero-order valence-corrected chi connectivity index (χ0v) is 13.8. The summed E-state index contributed by atoms with van der Waals surface area (Å²) < 4.78 is 5.73. The van der Waals surface area contributed by atoms with Gasteiger partial charge < -0.3 is 15.2 Å².